The summed E-state index contributed by atoms with van der Waals surface area (Å²) >= 11 is 0. The number of para-hydroxylation sites is 2. The van der Waals surface area contributed by atoms with Crippen LogP contribution in [0.5, 0.6) is 0 Å². The van der Waals surface area contributed by atoms with Crippen molar-refractivity contribution in [3.05, 3.63) is 136 Å². The third-order valence-electron chi connectivity index (χ3n) is 11.5. The maximum Gasteiger partial charge on any atom is 0.239 e. The molecule has 8 heteroatoms. The first-order valence-electron chi connectivity index (χ1n) is 20.6. The number of unbranched alkanes of at least 4 members (excludes halogenated alkanes) is 5. The topological polar surface area (TPSA) is 150 Å². The van der Waals surface area contributed by atoms with Gasteiger partial charge in [0.2, 0.25) is 16.7 Å². The number of hydrogen-bond acceptors (Lipinski definition) is 6. The normalized spacial score (nSPS) is 13.7. The van der Waals surface area contributed by atoms with Crippen molar-refractivity contribution < 1.29 is 9.88 Å². The van der Waals surface area contributed by atoms with Crippen LogP contribution in [0.3, 0.4) is 0 Å². The molecule has 0 bridgehead atoms. The molecule has 5 aromatic carbocycles. The van der Waals surface area contributed by atoms with Gasteiger partial charge < -0.3 is 22.9 Å². The third kappa shape index (κ3) is 8.87. The fourth-order valence-electron chi connectivity index (χ4n) is 7.98. The molecular weight excluding hydrogens is 701 g/mol. The Morgan fingerprint density at radius 3 is 1.89 bits per heavy atom. The molecule has 0 fully saturated rings. The molecule has 0 saturated heterocycles. The second kappa shape index (κ2) is 17.4. The van der Waals surface area contributed by atoms with Crippen LogP contribution in [0.2, 0.25) is 0 Å². The second-order valence-electron chi connectivity index (χ2n) is 15.7. The van der Waals surface area contributed by atoms with Crippen LogP contribution in [-0.4, -0.2) is 10.7 Å². The number of quaternary nitrogens is 1. The number of aryl methyl sites for hydroxylation is 5. The predicted octanol–water partition coefficient (Wildman–Crippen LogP) is 9.51. The summed E-state index contributed by atoms with van der Waals surface area (Å²) in [6.07, 6.45) is 14.9. The van der Waals surface area contributed by atoms with E-state index in [2.05, 4.69) is 108 Å². The van der Waals surface area contributed by atoms with Crippen LogP contribution in [0.4, 0.5) is 34.1 Å². The second-order valence-corrected chi connectivity index (χ2v) is 15.7. The standard InChI is InChI=1S/C49H56N8/c1-5-34-27-43(54-37-22-23-38(50)31(2)24-37)44(28-41(34)53)55-42-20-14-12-17-35(42)16-10-8-6-7-9-11-18-36-19-13-15-21-47(36)57-48-29-39(51)32(3)25-45(48)56-46-26-33(4)40(52)30-49(46)57/h12-15,17,19-21,23-30,55H,5-11,16,18,22,50,53H2,1-4H3,(H3,51,52)/p+2. The molecule has 57 heavy (non-hydrogen) atoms. The van der Waals surface area contributed by atoms with Gasteiger partial charge in [-0.3, -0.25) is 5.32 Å². The molecule has 1 aromatic heterocycles. The molecule has 6 aromatic rings. The molecule has 0 radical (unpaired) electrons. The van der Waals surface area contributed by atoms with E-state index < -0.39 is 0 Å². The lowest BCUT2D eigenvalue weighted by atomic mass is 10.0. The van der Waals surface area contributed by atoms with Crippen LogP contribution in [0.15, 0.2) is 113 Å². The summed E-state index contributed by atoms with van der Waals surface area (Å²) in [7, 11) is 0. The monoisotopic (exact) mass is 758 g/mol. The zero-order valence-electron chi connectivity index (χ0n) is 34.0. The molecule has 0 unspecified atom stereocenters. The first-order chi connectivity index (χ1) is 27.6. The number of aromatic nitrogens is 2. The highest BCUT2D eigenvalue weighted by molar-refractivity contribution is 6.00. The van der Waals surface area contributed by atoms with Gasteiger partial charge in [0, 0.05) is 70.3 Å². The molecule has 292 valence electrons. The van der Waals surface area contributed by atoms with Gasteiger partial charge in [0.1, 0.15) is 22.4 Å². The van der Waals surface area contributed by atoms with E-state index >= 15 is 0 Å². The fraction of sp³-hybridized carbons (Fsp3) is 0.286. The van der Waals surface area contributed by atoms with Gasteiger partial charge in [0.25, 0.3) is 0 Å². The van der Waals surface area contributed by atoms with E-state index in [-0.39, 0.29) is 0 Å². The summed E-state index contributed by atoms with van der Waals surface area (Å²) in [5.41, 5.74) is 44.8. The van der Waals surface area contributed by atoms with E-state index in [1.807, 2.05) is 26.8 Å². The quantitative estimate of drug-likeness (QED) is 0.0325. The highest BCUT2D eigenvalue weighted by Gasteiger charge is 2.24. The Hall–Kier alpha value is -5.99. The van der Waals surface area contributed by atoms with Crippen LogP contribution in [0, 0.1) is 13.8 Å². The zero-order valence-corrected chi connectivity index (χ0v) is 34.0. The number of fused-ring (bicyclic) bond motifs is 2. The van der Waals surface area contributed by atoms with Gasteiger partial charge in [-0.2, -0.15) is 0 Å². The largest absolute Gasteiger partial charge is 0.399 e. The van der Waals surface area contributed by atoms with E-state index in [0.29, 0.717) is 0 Å². The maximum absolute atomic E-state index is 6.52. The minimum atomic E-state index is 0.725. The van der Waals surface area contributed by atoms with E-state index in [4.69, 9.17) is 32.9 Å². The van der Waals surface area contributed by atoms with E-state index in [9.17, 15) is 0 Å². The minimum absolute atomic E-state index is 0.725. The van der Waals surface area contributed by atoms with Gasteiger partial charge in [-0.05, 0) is 105 Å². The summed E-state index contributed by atoms with van der Waals surface area (Å²) in [6.45, 7) is 8.24. The van der Waals surface area contributed by atoms with Gasteiger partial charge >= 0.3 is 0 Å². The molecule has 8 nitrogen and oxygen atoms in total. The molecule has 1 heterocycles. The van der Waals surface area contributed by atoms with E-state index in [1.54, 1.807) is 0 Å². The number of rotatable bonds is 14. The van der Waals surface area contributed by atoms with E-state index in [1.165, 1.54) is 42.5 Å². The van der Waals surface area contributed by atoms with Crippen molar-refractivity contribution in [1.29, 1.82) is 0 Å². The van der Waals surface area contributed by atoms with Crippen LogP contribution < -0.4 is 32.8 Å². The molecule has 0 aliphatic heterocycles. The van der Waals surface area contributed by atoms with Gasteiger partial charge in [0.05, 0.1) is 0 Å². The number of anilines is 3. The lowest BCUT2D eigenvalue weighted by Crippen LogP contribution is -2.71. The average molecular weight is 759 g/mol. The van der Waals surface area contributed by atoms with Gasteiger partial charge in [-0.25, -0.2) is 9.98 Å². The number of nitrogens with zero attached hydrogens (tertiary/aromatic N) is 3. The SMILES string of the molecule is CCc1cc(N=C2C=C(C)C(N)=CC2)c([NH2+]c2ccccc2CCCCCCCCc2ccccc2-[n+]2c3cc(N)c(C)cc3nc3cc(C)c(N)cc32)cc1N. The van der Waals surface area contributed by atoms with Gasteiger partial charge in [0.15, 0.2) is 5.69 Å². The summed E-state index contributed by atoms with van der Waals surface area (Å²) in [6, 6.07) is 30.0. The Kier molecular flexibility index (Phi) is 12.0. The van der Waals surface area contributed by atoms with Crippen LogP contribution >= 0.6 is 0 Å². The Balaban J connectivity index is 0.976. The van der Waals surface area contributed by atoms with Crippen molar-refractivity contribution in [2.45, 2.75) is 91.9 Å². The van der Waals surface area contributed by atoms with E-state index in [0.717, 1.165) is 128 Å². The molecule has 10 N–H and O–H groups in total. The number of benzene rings is 5. The Bertz CT molecular complexity index is 2480. The predicted molar refractivity (Wildman–Crippen MR) is 240 cm³/mol. The highest BCUT2D eigenvalue weighted by Crippen LogP contribution is 2.31. The number of hydrogen-bond donors (Lipinski definition) is 5. The number of aliphatic imine (C=N–C) groups is 1. The Morgan fingerprint density at radius 1 is 0.649 bits per heavy atom. The van der Waals surface area contributed by atoms with Crippen molar-refractivity contribution in [3.8, 4) is 5.69 Å². The Labute approximate surface area is 337 Å². The molecular formula is C49H58N8+2. The Morgan fingerprint density at radius 2 is 1.25 bits per heavy atom. The lowest BCUT2D eigenvalue weighted by molar-refractivity contribution is -0.538. The van der Waals surface area contributed by atoms with Gasteiger partial charge in [-0.15, -0.1) is 4.57 Å². The average Bonchev–Trinajstić information content (AvgIpc) is 3.19. The van der Waals surface area contributed by atoms with Crippen LogP contribution in [-0.2, 0) is 19.3 Å². The van der Waals surface area contributed by atoms with Gasteiger partial charge in [-0.1, -0.05) is 75.1 Å². The van der Waals surface area contributed by atoms with Crippen LogP contribution in [0.1, 0.15) is 86.6 Å². The van der Waals surface area contributed by atoms with Crippen LogP contribution in [0.25, 0.3) is 27.8 Å². The first-order valence-corrected chi connectivity index (χ1v) is 20.6. The summed E-state index contributed by atoms with van der Waals surface area (Å²) in [5.74, 6) is 0. The number of nitrogens with two attached hydrogens (primary N) is 5. The molecule has 1 aliphatic rings. The minimum Gasteiger partial charge on any atom is -0.399 e. The summed E-state index contributed by atoms with van der Waals surface area (Å²) in [4.78, 5) is 10.1. The lowest BCUT2D eigenvalue weighted by Gasteiger charge is -2.14. The maximum atomic E-state index is 6.52. The van der Waals surface area contributed by atoms with Crippen molar-refractivity contribution in [2.24, 2.45) is 10.7 Å². The first kappa shape index (κ1) is 39.3. The number of nitrogen functional groups attached to an aromatic ring is 3. The van der Waals surface area contributed by atoms with Crippen molar-refractivity contribution in [2.75, 3.05) is 17.2 Å². The molecule has 0 saturated carbocycles. The molecule has 0 amide bonds. The molecule has 7 rings (SSSR count). The highest BCUT2D eigenvalue weighted by atomic mass is 15.0. The van der Waals surface area contributed by atoms with Crippen molar-refractivity contribution in [3.63, 3.8) is 0 Å². The molecule has 1 aliphatic carbocycles. The third-order valence-corrected chi connectivity index (χ3v) is 11.5. The van der Waals surface area contributed by atoms with Crippen molar-refractivity contribution in [1.82, 2.24) is 4.98 Å². The zero-order chi connectivity index (χ0) is 40.1. The molecule has 0 spiro atoms. The summed E-state index contributed by atoms with van der Waals surface area (Å²) in [5, 5.41) is 2.26. The van der Waals surface area contributed by atoms with Crippen molar-refractivity contribution >= 4 is 61.9 Å². The fourth-order valence-corrected chi connectivity index (χ4v) is 7.98. The molecule has 0 atom stereocenters. The number of allylic oxidation sites excluding steroid dienone is 3. The smallest absolute Gasteiger partial charge is 0.239 e. The summed E-state index contributed by atoms with van der Waals surface area (Å²) < 4.78 is 2.31.